The predicted molar refractivity (Wildman–Crippen MR) is 122 cm³/mol. The summed E-state index contributed by atoms with van der Waals surface area (Å²) in [5.41, 5.74) is 1.55. The summed E-state index contributed by atoms with van der Waals surface area (Å²) in [5, 5.41) is 2.72. The standard InChI is InChI=1S/C23H28N6O5/c1-14(2)25-17(30)13-29-22(32)18-19(15(3)12-24-20(18)26(4)23(29)33)27-7-9-28(10-8-27)21(31)16-6-5-11-34-16/h5-6,11-12,14,18H,7-10,13H2,1-4H3/p+1. The average Bonchev–Trinajstić information content (AvgIpc) is 3.34. The van der Waals surface area contributed by atoms with Crippen molar-refractivity contribution in [1.82, 2.24) is 20.0 Å². The molecular formula is C23H29N6O5+. The Morgan fingerprint density at radius 1 is 1.26 bits per heavy atom. The zero-order valence-corrected chi connectivity index (χ0v) is 19.8. The third kappa shape index (κ3) is 4.25. The van der Waals surface area contributed by atoms with Gasteiger partial charge in [0.1, 0.15) is 12.4 Å². The zero-order chi connectivity index (χ0) is 24.6. The number of hydrogen-bond acceptors (Lipinski definition) is 6. The second-order valence-electron chi connectivity index (χ2n) is 8.86. The lowest BCUT2D eigenvalue weighted by atomic mass is 9.90. The Morgan fingerprint density at radius 3 is 2.59 bits per heavy atom. The maximum atomic E-state index is 13.5. The molecule has 4 rings (SSSR count). The first kappa shape index (κ1) is 23.4. The van der Waals surface area contributed by atoms with Crippen molar-refractivity contribution < 1.29 is 28.2 Å². The molecule has 4 heterocycles. The Kier molecular flexibility index (Phi) is 6.36. The van der Waals surface area contributed by atoms with Crippen molar-refractivity contribution >= 4 is 35.3 Å². The van der Waals surface area contributed by atoms with Crippen LogP contribution in [0.4, 0.5) is 4.79 Å². The highest BCUT2D eigenvalue weighted by Gasteiger charge is 2.50. The van der Waals surface area contributed by atoms with Crippen molar-refractivity contribution in [2.45, 2.75) is 26.8 Å². The van der Waals surface area contributed by atoms with Crippen LogP contribution in [0.3, 0.4) is 0 Å². The number of piperazine rings is 1. The number of furan rings is 1. The van der Waals surface area contributed by atoms with Gasteiger partial charge in [0.2, 0.25) is 11.6 Å². The number of carbonyl (C=O) groups excluding carboxylic acids is 4. The van der Waals surface area contributed by atoms with Gasteiger partial charge in [0.25, 0.3) is 11.8 Å². The number of carbonyl (C=O) groups is 4. The normalized spacial score (nSPS) is 21.0. The predicted octanol–water partition coefficient (Wildman–Crippen LogP) is 0.540. The largest absolute Gasteiger partial charge is 0.459 e. The lowest BCUT2D eigenvalue weighted by Crippen LogP contribution is -2.63. The number of hydrogen-bond donors (Lipinski definition) is 1. The van der Waals surface area contributed by atoms with Crippen LogP contribution in [0.1, 0.15) is 31.3 Å². The van der Waals surface area contributed by atoms with E-state index in [0.717, 1.165) is 16.2 Å². The van der Waals surface area contributed by atoms with Gasteiger partial charge in [0.05, 0.1) is 19.4 Å². The van der Waals surface area contributed by atoms with Crippen molar-refractivity contribution in [3.8, 4) is 0 Å². The van der Waals surface area contributed by atoms with Gasteiger partial charge in [-0.1, -0.05) is 0 Å². The molecule has 1 aromatic rings. The van der Waals surface area contributed by atoms with Crippen molar-refractivity contribution in [1.29, 1.82) is 0 Å². The van der Waals surface area contributed by atoms with E-state index in [1.165, 1.54) is 11.2 Å². The van der Waals surface area contributed by atoms with Gasteiger partial charge in [0.15, 0.2) is 24.8 Å². The van der Waals surface area contributed by atoms with E-state index in [-0.39, 0.29) is 18.5 Å². The van der Waals surface area contributed by atoms with Crippen molar-refractivity contribution in [2.24, 2.45) is 10.9 Å². The van der Waals surface area contributed by atoms with E-state index in [4.69, 9.17) is 4.42 Å². The summed E-state index contributed by atoms with van der Waals surface area (Å²) in [6.07, 6.45) is 3.12. The highest BCUT2D eigenvalue weighted by atomic mass is 16.3. The zero-order valence-electron chi connectivity index (χ0n) is 19.8. The topological polar surface area (TPSA) is 119 Å². The molecule has 5 amide bonds. The molecule has 2 fully saturated rings. The van der Waals surface area contributed by atoms with Gasteiger partial charge in [-0.2, -0.15) is 0 Å². The van der Waals surface area contributed by atoms with Gasteiger partial charge in [-0.15, -0.1) is 0 Å². The van der Waals surface area contributed by atoms with Crippen LogP contribution in [0.25, 0.3) is 0 Å². The van der Waals surface area contributed by atoms with Crippen LogP contribution in [-0.2, 0) is 9.59 Å². The van der Waals surface area contributed by atoms with Crippen LogP contribution in [0, 0.1) is 5.92 Å². The average molecular weight is 470 g/mol. The van der Waals surface area contributed by atoms with E-state index in [9.17, 15) is 19.2 Å². The molecule has 3 aliphatic heterocycles. The summed E-state index contributed by atoms with van der Waals surface area (Å²) in [7, 11) is 1.56. The van der Waals surface area contributed by atoms with E-state index in [0.29, 0.717) is 37.8 Å². The van der Waals surface area contributed by atoms with Gasteiger partial charge >= 0.3 is 6.03 Å². The van der Waals surface area contributed by atoms with Crippen LogP contribution < -0.4 is 5.32 Å². The second kappa shape index (κ2) is 9.24. The molecule has 11 heteroatoms. The third-order valence-corrected chi connectivity index (χ3v) is 6.09. The summed E-state index contributed by atoms with van der Waals surface area (Å²) in [6.45, 7) is 7.07. The number of amides is 5. The van der Waals surface area contributed by atoms with E-state index < -0.39 is 23.8 Å². The van der Waals surface area contributed by atoms with Crippen molar-refractivity contribution in [2.75, 3.05) is 39.8 Å². The minimum absolute atomic E-state index is 0.112. The number of urea groups is 1. The summed E-state index contributed by atoms with van der Waals surface area (Å²) >= 11 is 0. The maximum absolute atomic E-state index is 13.5. The Labute approximate surface area is 197 Å². The second-order valence-corrected chi connectivity index (χ2v) is 8.86. The number of rotatable bonds is 4. The Morgan fingerprint density at radius 2 is 1.97 bits per heavy atom. The molecule has 0 bridgehead atoms. The third-order valence-electron chi connectivity index (χ3n) is 6.09. The molecule has 1 N–H and O–H groups in total. The van der Waals surface area contributed by atoms with Gasteiger partial charge in [-0.25, -0.2) is 14.4 Å². The molecule has 1 atom stereocenters. The van der Waals surface area contributed by atoms with E-state index in [1.54, 1.807) is 30.3 Å². The fourth-order valence-corrected chi connectivity index (χ4v) is 4.49. The van der Waals surface area contributed by atoms with Crippen LogP contribution >= 0.6 is 0 Å². The molecule has 0 spiro atoms. The van der Waals surface area contributed by atoms with Crippen molar-refractivity contribution in [3.63, 3.8) is 0 Å². The Bertz CT molecular complexity index is 1110. The van der Waals surface area contributed by atoms with Gasteiger partial charge in [-0.3, -0.25) is 24.2 Å². The summed E-state index contributed by atoms with van der Waals surface area (Å²) < 4.78 is 7.29. The molecule has 0 saturated carbocycles. The molecule has 180 valence electrons. The SMILES string of the molecule is CC1=CN=C2C(C(=O)N(CC(=O)NC(C)C)C(=O)N2C)C1=[N+]1CCN(C(=O)c2ccco2)CC1. The molecule has 0 radical (unpaired) electrons. The van der Waals surface area contributed by atoms with Crippen LogP contribution in [-0.4, -0.2) is 100 Å². The molecule has 1 unspecified atom stereocenters. The smallest absolute Gasteiger partial charge is 0.332 e. The molecule has 3 aliphatic rings. The quantitative estimate of drug-likeness (QED) is 0.646. The number of allylic oxidation sites excluding steroid dienone is 1. The summed E-state index contributed by atoms with van der Waals surface area (Å²) in [4.78, 5) is 59.8. The van der Waals surface area contributed by atoms with Crippen LogP contribution in [0.2, 0.25) is 0 Å². The van der Waals surface area contributed by atoms with Gasteiger partial charge in [-0.05, 0) is 32.9 Å². The minimum Gasteiger partial charge on any atom is -0.459 e. The summed E-state index contributed by atoms with van der Waals surface area (Å²) in [6, 6.07) is 2.62. The highest BCUT2D eigenvalue weighted by Crippen LogP contribution is 2.26. The number of nitrogens with zero attached hydrogens (tertiary/aromatic N) is 5. The maximum Gasteiger partial charge on any atom is 0.332 e. The molecule has 0 aromatic carbocycles. The highest BCUT2D eigenvalue weighted by molar-refractivity contribution is 6.32. The fourth-order valence-electron chi connectivity index (χ4n) is 4.49. The first-order chi connectivity index (χ1) is 16.2. The molecule has 11 nitrogen and oxygen atoms in total. The minimum atomic E-state index is -0.799. The lowest BCUT2D eigenvalue weighted by Gasteiger charge is -2.38. The lowest BCUT2D eigenvalue weighted by molar-refractivity contribution is -0.539. The van der Waals surface area contributed by atoms with Gasteiger partial charge in [0, 0.05) is 24.9 Å². The Hall–Kier alpha value is -3.76. The van der Waals surface area contributed by atoms with E-state index >= 15 is 0 Å². The first-order valence-electron chi connectivity index (χ1n) is 11.3. The van der Waals surface area contributed by atoms with E-state index in [1.807, 2.05) is 20.8 Å². The number of imide groups is 1. The number of amidine groups is 1. The first-order valence-corrected chi connectivity index (χ1v) is 11.3. The molecule has 2 saturated heterocycles. The number of nitrogens with one attached hydrogen (secondary N) is 1. The van der Waals surface area contributed by atoms with Crippen LogP contribution in [0.15, 0.2) is 39.6 Å². The molecule has 1 aromatic heterocycles. The molecule has 34 heavy (non-hydrogen) atoms. The molecular weight excluding hydrogens is 440 g/mol. The summed E-state index contributed by atoms with van der Waals surface area (Å²) in [5.74, 6) is -1.22. The van der Waals surface area contributed by atoms with Crippen molar-refractivity contribution in [3.05, 3.63) is 35.9 Å². The van der Waals surface area contributed by atoms with E-state index in [2.05, 4.69) is 14.9 Å². The number of fused-ring (bicyclic) bond motifs is 1. The van der Waals surface area contributed by atoms with Crippen LogP contribution in [0.5, 0.6) is 0 Å². The Balaban J connectivity index is 1.59. The number of aliphatic imine (C=N–C) groups is 1. The fraction of sp³-hybridized carbons (Fsp3) is 0.478. The molecule has 0 aliphatic carbocycles. The van der Waals surface area contributed by atoms with Gasteiger partial charge < -0.3 is 14.6 Å². The monoisotopic (exact) mass is 469 g/mol.